The number of nitrogens with one attached hydrogen (secondary N) is 1. The zero-order chi connectivity index (χ0) is 23.8. The molecule has 1 aromatic carbocycles. The Kier molecular flexibility index (Phi) is 5.96. The Morgan fingerprint density at radius 3 is 2.88 bits per heavy atom. The second-order valence-electron chi connectivity index (χ2n) is 7.89. The number of rotatable bonds is 7. The summed E-state index contributed by atoms with van der Waals surface area (Å²) >= 11 is 6.23. The van der Waals surface area contributed by atoms with E-state index in [9.17, 15) is 9.90 Å². The largest absolute Gasteiger partial charge is 0.496 e. The maximum Gasteiger partial charge on any atom is 0.263 e. The van der Waals surface area contributed by atoms with Crippen LogP contribution in [0.2, 0.25) is 5.02 Å². The number of methoxy groups -OCH3 is 1. The van der Waals surface area contributed by atoms with Gasteiger partial charge in [-0.05, 0) is 37.6 Å². The first-order chi connectivity index (χ1) is 15.7. The second kappa shape index (κ2) is 8.72. The van der Waals surface area contributed by atoms with E-state index in [0.717, 1.165) is 0 Å². The van der Waals surface area contributed by atoms with Crippen molar-refractivity contribution in [1.82, 2.24) is 24.4 Å². The third kappa shape index (κ3) is 4.48. The van der Waals surface area contributed by atoms with Crippen LogP contribution in [-0.2, 0) is 6.54 Å². The summed E-state index contributed by atoms with van der Waals surface area (Å²) < 4.78 is 8.50. The summed E-state index contributed by atoms with van der Waals surface area (Å²) in [7, 11) is 1.54. The van der Waals surface area contributed by atoms with Gasteiger partial charge in [0.15, 0.2) is 11.5 Å². The predicted octanol–water partition coefficient (Wildman–Crippen LogP) is 3.25. The van der Waals surface area contributed by atoms with E-state index in [0.29, 0.717) is 39.8 Å². The van der Waals surface area contributed by atoms with Crippen molar-refractivity contribution in [2.24, 2.45) is 0 Å². The Labute approximate surface area is 194 Å². The van der Waals surface area contributed by atoms with Crippen molar-refractivity contribution in [3.05, 3.63) is 53.4 Å². The van der Waals surface area contributed by atoms with Crippen molar-refractivity contribution < 1.29 is 14.6 Å². The summed E-state index contributed by atoms with van der Waals surface area (Å²) in [5, 5.41) is 22.7. The number of benzene rings is 1. The molecule has 0 aliphatic rings. The summed E-state index contributed by atoms with van der Waals surface area (Å²) in [5.41, 5.74) is 6.90. The number of carbonyl (C=O) groups is 1. The fraction of sp³-hybridized carbons (Fsp3) is 0.273. The lowest BCUT2D eigenvalue weighted by Crippen LogP contribution is -2.29. The number of carbonyl (C=O) groups excluding carboxylic acids is 1. The molecule has 0 saturated carbocycles. The molecule has 1 atom stereocenters. The second-order valence-corrected chi connectivity index (χ2v) is 8.32. The first-order valence-corrected chi connectivity index (χ1v) is 10.6. The number of nitrogens with zero attached hydrogens (tertiary/aromatic N) is 5. The standard InChI is InChI=1S/C22H24ClN7O3/c1-4-22(2,32)12-29-11-15(18(27-29)14-10-13(23)6-7-16(14)33-3)26-21(31)17-19(24)28-30-9-5-8-25-20(17)30/h5-11,32H,4,12H2,1-3H3,(H2,24,28)(H,26,31). The molecule has 0 aliphatic heterocycles. The quantitative estimate of drug-likeness (QED) is 0.378. The molecule has 0 aliphatic carbocycles. The van der Waals surface area contributed by atoms with Gasteiger partial charge in [-0.3, -0.25) is 9.48 Å². The first-order valence-electron chi connectivity index (χ1n) is 10.3. The molecule has 33 heavy (non-hydrogen) atoms. The highest BCUT2D eigenvalue weighted by Gasteiger charge is 2.25. The van der Waals surface area contributed by atoms with E-state index >= 15 is 0 Å². The first kappa shape index (κ1) is 22.6. The molecule has 0 spiro atoms. The van der Waals surface area contributed by atoms with Crippen LogP contribution >= 0.6 is 11.6 Å². The molecule has 3 aromatic heterocycles. The molecule has 11 heteroatoms. The molecule has 1 amide bonds. The van der Waals surface area contributed by atoms with E-state index < -0.39 is 11.5 Å². The van der Waals surface area contributed by atoms with Gasteiger partial charge < -0.3 is 20.9 Å². The van der Waals surface area contributed by atoms with Crippen molar-refractivity contribution in [1.29, 1.82) is 0 Å². The molecule has 0 fully saturated rings. The summed E-state index contributed by atoms with van der Waals surface area (Å²) in [6.07, 6.45) is 5.38. The lowest BCUT2D eigenvalue weighted by atomic mass is 10.0. The fourth-order valence-electron chi connectivity index (χ4n) is 3.43. The number of ether oxygens (including phenoxy) is 1. The molecule has 172 valence electrons. The van der Waals surface area contributed by atoms with Crippen LogP contribution in [0.5, 0.6) is 5.75 Å². The zero-order valence-electron chi connectivity index (χ0n) is 18.4. The third-order valence-electron chi connectivity index (χ3n) is 5.34. The minimum atomic E-state index is -0.986. The van der Waals surface area contributed by atoms with Gasteiger partial charge in [0.25, 0.3) is 5.91 Å². The van der Waals surface area contributed by atoms with Crippen LogP contribution < -0.4 is 15.8 Å². The van der Waals surface area contributed by atoms with Gasteiger partial charge >= 0.3 is 0 Å². The van der Waals surface area contributed by atoms with Gasteiger partial charge in [-0.15, -0.1) is 5.10 Å². The van der Waals surface area contributed by atoms with E-state index in [-0.39, 0.29) is 17.9 Å². The molecule has 10 nitrogen and oxygen atoms in total. The smallest absolute Gasteiger partial charge is 0.263 e. The monoisotopic (exact) mass is 469 g/mol. The van der Waals surface area contributed by atoms with Gasteiger partial charge in [-0.1, -0.05) is 18.5 Å². The van der Waals surface area contributed by atoms with Crippen LogP contribution in [0, 0.1) is 0 Å². The Balaban J connectivity index is 1.79. The van der Waals surface area contributed by atoms with E-state index in [4.69, 9.17) is 22.1 Å². The molecular formula is C22H24ClN7O3. The highest BCUT2D eigenvalue weighted by atomic mass is 35.5. The number of amides is 1. The highest BCUT2D eigenvalue weighted by molar-refractivity contribution is 6.31. The summed E-state index contributed by atoms with van der Waals surface area (Å²) in [6, 6.07) is 6.81. The lowest BCUT2D eigenvalue weighted by molar-refractivity contribution is 0.0346. The van der Waals surface area contributed by atoms with Crippen LogP contribution in [0.4, 0.5) is 11.5 Å². The summed E-state index contributed by atoms with van der Waals surface area (Å²) in [5.74, 6) is 0.0826. The molecular weight excluding hydrogens is 446 g/mol. The molecule has 0 bridgehead atoms. The van der Waals surface area contributed by atoms with Crippen LogP contribution in [0.1, 0.15) is 30.6 Å². The average molecular weight is 470 g/mol. The maximum absolute atomic E-state index is 13.2. The van der Waals surface area contributed by atoms with E-state index in [1.54, 1.807) is 54.5 Å². The summed E-state index contributed by atoms with van der Waals surface area (Å²) in [6.45, 7) is 3.82. The topological polar surface area (TPSA) is 133 Å². The SMILES string of the molecule is CCC(C)(O)Cn1cc(NC(=O)c2c(N)nn3cccnc23)c(-c2cc(Cl)ccc2OC)n1. The molecule has 4 rings (SSSR count). The van der Waals surface area contributed by atoms with Crippen molar-refractivity contribution in [2.45, 2.75) is 32.4 Å². The van der Waals surface area contributed by atoms with Crippen molar-refractivity contribution in [3.8, 4) is 17.0 Å². The number of halogens is 1. The summed E-state index contributed by atoms with van der Waals surface area (Å²) in [4.78, 5) is 17.5. The van der Waals surface area contributed by atoms with Crippen molar-refractivity contribution in [3.63, 3.8) is 0 Å². The van der Waals surface area contributed by atoms with Gasteiger partial charge in [-0.25, -0.2) is 9.50 Å². The van der Waals surface area contributed by atoms with E-state index in [1.807, 2.05) is 6.92 Å². The molecule has 3 heterocycles. The highest BCUT2D eigenvalue weighted by Crippen LogP contribution is 2.36. The molecule has 4 aromatic rings. The van der Waals surface area contributed by atoms with Crippen LogP contribution in [0.25, 0.3) is 16.9 Å². The predicted molar refractivity (Wildman–Crippen MR) is 125 cm³/mol. The third-order valence-corrected chi connectivity index (χ3v) is 5.58. The van der Waals surface area contributed by atoms with Gasteiger partial charge in [0.2, 0.25) is 0 Å². The minimum Gasteiger partial charge on any atom is -0.496 e. The van der Waals surface area contributed by atoms with Gasteiger partial charge in [-0.2, -0.15) is 5.10 Å². The fourth-order valence-corrected chi connectivity index (χ4v) is 3.60. The number of fused-ring (bicyclic) bond motifs is 1. The van der Waals surface area contributed by atoms with Crippen molar-refractivity contribution >= 4 is 34.7 Å². The Morgan fingerprint density at radius 2 is 2.15 bits per heavy atom. The van der Waals surface area contributed by atoms with Gasteiger partial charge in [0, 0.05) is 29.2 Å². The molecule has 4 N–H and O–H groups in total. The number of aliphatic hydroxyl groups is 1. The molecule has 1 unspecified atom stereocenters. The number of nitrogen functional groups attached to an aromatic ring is 1. The Morgan fingerprint density at radius 1 is 1.36 bits per heavy atom. The number of nitrogens with two attached hydrogens (primary N) is 1. The number of hydrogen-bond acceptors (Lipinski definition) is 7. The van der Waals surface area contributed by atoms with Gasteiger partial charge in [0.1, 0.15) is 17.0 Å². The lowest BCUT2D eigenvalue weighted by Gasteiger charge is -2.20. The zero-order valence-corrected chi connectivity index (χ0v) is 19.2. The maximum atomic E-state index is 13.2. The number of hydrogen-bond donors (Lipinski definition) is 3. The molecule has 0 saturated heterocycles. The van der Waals surface area contributed by atoms with E-state index in [2.05, 4.69) is 20.5 Å². The average Bonchev–Trinajstić information content (AvgIpc) is 3.32. The Hall–Kier alpha value is -3.63. The van der Waals surface area contributed by atoms with Crippen LogP contribution in [0.3, 0.4) is 0 Å². The van der Waals surface area contributed by atoms with Crippen LogP contribution in [-0.4, -0.2) is 48.1 Å². The molecule has 0 radical (unpaired) electrons. The number of aromatic nitrogens is 5. The van der Waals surface area contributed by atoms with Gasteiger partial charge in [0.05, 0.1) is 24.9 Å². The number of anilines is 2. The van der Waals surface area contributed by atoms with Crippen LogP contribution in [0.15, 0.2) is 42.9 Å². The normalized spacial score (nSPS) is 13.1. The Bertz CT molecular complexity index is 1330. The van der Waals surface area contributed by atoms with Crippen molar-refractivity contribution in [2.75, 3.05) is 18.2 Å². The minimum absolute atomic E-state index is 0.0504. The van der Waals surface area contributed by atoms with E-state index in [1.165, 1.54) is 11.6 Å².